The molecule has 0 saturated carbocycles. The highest BCUT2D eigenvalue weighted by atomic mass is 16.5. The maximum absolute atomic E-state index is 11.7. The number of carbonyl (C=O) groups excluding carboxylic acids is 1. The van der Waals surface area contributed by atoms with Crippen molar-refractivity contribution in [3.8, 4) is 11.5 Å². The van der Waals surface area contributed by atoms with Crippen LogP contribution in [0.1, 0.15) is 12.0 Å². The predicted molar refractivity (Wildman–Crippen MR) is 80.8 cm³/mol. The second-order valence-corrected chi connectivity index (χ2v) is 4.50. The minimum atomic E-state index is -0.160. The second-order valence-electron chi connectivity index (χ2n) is 4.50. The third-order valence-electron chi connectivity index (χ3n) is 2.82. The van der Waals surface area contributed by atoms with Crippen molar-refractivity contribution in [3.05, 3.63) is 23.8 Å². The fourth-order valence-electron chi connectivity index (χ4n) is 1.79. The summed E-state index contributed by atoms with van der Waals surface area (Å²) in [5, 5.41) is 5.83. The van der Waals surface area contributed by atoms with Gasteiger partial charge >= 0.3 is 0 Å². The van der Waals surface area contributed by atoms with E-state index in [-0.39, 0.29) is 12.5 Å². The average Bonchev–Trinajstić information content (AvgIpc) is 2.50. The van der Waals surface area contributed by atoms with E-state index in [9.17, 15) is 4.79 Å². The highest BCUT2D eigenvalue weighted by Crippen LogP contribution is 2.27. The molecule has 0 unspecified atom stereocenters. The zero-order valence-corrected chi connectivity index (χ0v) is 12.9. The summed E-state index contributed by atoms with van der Waals surface area (Å²) in [7, 11) is 5.08. The van der Waals surface area contributed by atoms with Crippen molar-refractivity contribution < 1.29 is 19.0 Å². The monoisotopic (exact) mass is 296 g/mol. The molecule has 1 aromatic rings. The molecular weight excluding hydrogens is 272 g/mol. The summed E-state index contributed by atoms with van der Waals surface area (Å²) in [6, 6.07) is 5.65. The Kier molecular flexibility index (Phi) is 8.23. The van der Waals surface area contributed by atoms with Gasteiger partial charge in [-0.05, 0) is 31.2 Å². The van der Waals surface area contributed by atoms with Crippen LogP contribution in [0.15, 0.2) is 18.2 Å². The zero-order chi connectivity index (χ0) is 15.5. The van der Waals surface area contributed by atoms with Gasteiger partial charge in [-0.25, -0.2) is 0 Å². The molecule has 0 aliphatic rings. The largest absolute Gasteiger partial charge is 0.493 e. The SMILES string of the molecule is CNCc1ccc(OC)c(OCC(=O)NCCCOC)c1. The molecule has 0 atom stereocenters. The predicted octanol–water partition coefficient (Wildman–Crippen LogP) is 0.946. The Morgan fingerprint density at radius 1 is 1.24 bits per heavy atom. The summed E-state index contributed by atoms with van der Waals surface area (Å²) in [4.78, 5) is 11.7. The number of methoxy groups -OCH3 is 2. The highest BCUT2D eigenvalue weighted by Gasteiger charge is 2.08. The maximum atomic E-state index is 11.7. The van der Waals surface area contributed by atoms with Gasteiger partial charge in [0.2, 0.25) is 0 Å². The Hall–Kier alpha value is -1.79. The molecule has 6 heteroatoms. The van der Waals surface area contributed by atoms with Crippen LogP contribution in [0, 0.1) is 0 Å². The first-order chi connectivity index (χ1) is 10.2. The Morgan fingerprint density at radius 2 is 2.05 bits per heavy atom. The molecule has 0 heterocycles. The van der Waals surface area contributed by atoms with E-state index in [0.29, 0.717) is 24.7 Å². The van der Waals surface area contributed by atoms with E-state index >= 15 is 0 Å². The van der Waals surface area contributed by atoms with Crippen molar-refractivity contribution in [2.75, 3.05) is 41.0 Å². The van der Waals surface area contributed by atoms with Gasteiger partial charge in [-0.15, -0.1) is 0 Å². The summed E-state index contributed by atoms with van der Waals surface area (Å²) in [5.74, 6) is 1.02. The molecule has 21 heavy (non-hydrogen) atoms. The summed E-state index contributed by atoms with van der Waals surface area (Å²) < 4.78 is 15.7. The Labute approximate surface area is 125 Å². The van der Waals surface area contributed by atoms with Crippen LogP contribution in [0.4, 0.5) is 0 Å². The van der Waals surface area contributed by atoms with Gasteiger partial charge in [0.25, 0.3) is 5.91 Å². The normalized spacial score (nSPS) is 10.2. The van der Waals surface area contributed by atoms with Crippen LogP contribution in [0.2, 0.25) is 0 Å². The van der Waals surface area contributed by atoms with Gasteiger partial charge < -0.3 is 24.8 Å². The molecule has 0 aliphatic heterocycles. The number of hydrogen-bond donors (Lipinski definition) is 2. The van der Waals surface area contributed by atoms with E-state index in [2.05, 4.69) is 10.6 Å². The molecule has 0 radical (unpaired) electrons. The highest BCUT2D eigenvalue weighted by molar-refractivity contribution is 5.77. The molecule has 0 aromatic heterocycles. The van der Waals surface area contributed by atoms with E-state index < -0.39 is 0 Å². The number of amides is 1. The molecule has 2 N–H and O–H groups in total. The number of ether oxygens (including phenoxy) is 3. The van der Waals surface area contributed by atoms with Gasteiger partial charge in [-0.3, -0.25) is 4.79 Å². The van der Waals surface area contributed by atoms with E-state index in [4.69, 9.17) is 14.2 Å². The first-order valence-electron chi connectivity index (χ1n) is 6.91. The van der Waals surface area contributed by atoms with Crippen molar-refractivity contribution in [3.63, 3.8) is 0 Å². The van der Waals surface area contributed by atoms with E-state index in [1.54, 1.807) is 14.2 Å². The van der Waals surface area contributed by atoms with Crippen molar-refractivity contribution in [1.82, 2.24) is 10.6 Å². The van der Waals surface area contributed by atoms with Crippen LogP contribution in [-0.4, -0.2) is 46.9 Å². The minimum absolute atomic E-state index is 0.0354. The first-order valence-corrected chi connectivity index (χ1v) is 6.91. The Balaban J connectivity index is 2.48. The van der Waals surface area contributed by atoms with Gasteiger partial charge in [0, 0.05) is 26.8 Å². The Bertz CT molecular complexity index is 438. The van der Waals surface area contributed by atoms with Crippen molar-refractivity contribution >= 4 is 5.91 Å². The van der Waals surface area contributed by atoms with Gasteiger partial charge in [0.15, 0.2) is 18.1 Å². The van der Waals surface area contributed by atoms with Crippen LogP contribution in [0.25, 0.3) is 0 Å². The number of hydrogen-bond acceptors (Lipinski definition) is 5. The van der Waals surface area contributed by atoms with Crippen LogP contribution in [0.5, 0.6) is 11.5 Å². The van der Waals surface area contributed by atoms with Crippen molar-refractivity contribution in [2.45, 2.75) is 13.0 Å². The van der Waals surface area contributed by atoms with E-state index in [1.165, 1.54) is 0 Å². The van der Waals surface area contributed by atoms with Crippen LogP contribution < -0.4 is 20.1 Å². The molecule has 6 nitrogen and oxygen atoms in total. The summed E-state index contributed by atoms with van der Waals surface area (Å²) in [5.41, 5.74) is 1.06. The van der Waals surface area contributed by atoms with Crippen LogP contribution in [0.3, 0.4) is 0 Å². The lowest BCUT2D eigenvalue weighted by molar-refractivity contribution is -0.123. The van der Waals surface area contributed by atoms with Gasteiger partial charge in [-0.2, -0.15) is 0 Å². The summed E-state index contributed by atoms with van der Waals surface area (Å²) in [6.07, 6.45) is 0.781. The molecule has 1 amide bonds. The molecule has 118 valence electrons. The maximum Gasteiger partial charge on any atom is 0.257 e. The molecule has 1 rings (SSSR count). The summed E-state index contributed by atoms with van der Waals surface area (Å²) >= 11 is 0. The van der Waals surface area contributed by atoms with Gasteiger partial charge in [-0.1, -0.05) is 6.07 Å². The fourth-order valence-corrected chi connectivity index (χ4v) is 1.79. The zero-order valence-electron chi connectivity index (χ0n) is 12.9. The number of carbonyl (C=O) groups is 1. The number of nitrogens with one attached hydrogen (secondary N) is 2. The molecule has 0 fully saturated rings. The molecular formula is C15H24N2O4. The molecule has 0 aliphatic carbocycles. The minimum Gasteiger partial charge on any atom is -0.493 e. The van der Waals surface area contributed by atoms with Gasteiger partial charge in [0.1, 0.15) is 0 Å². The Morgan fingerprint density at radius 3 is 2.71 bits per heavy atom. The number of benzene rings is 1. The van der Waals surface area contributed by atoms with Crippen LogP contribution >= 0.6 is 0 Å². The average molecular weight is 296 g/mol. The standard InChI is InChI=1S/C15H24N2O4/c1-16-10-12-5-6-13(20-3)14(9-12)21-11-15(18)17-7-4-8-19-2/h5-6,9,16H,4,7-8,10-11H2,1-3H3,(H,17,18). The quantitative estimate of drug-likeness (QED) is 0.629. The van der Waals surface area contributed by atoms with E-state index in [0.717, 1.165) is 18.5 Å². The third kappa shape index (κ3) is 6.46. The molecule has 1 aromatic carbocycles. The lowest BCUT2D eigenvalue weighted by Gasteiger charge is -2.12. The van der Waals surface area contributed by atoms with Crippen molar-refractivity contribution in [2.24, 2.45) is 0 Å². The molecule has 0 spiro atoms. The molecule has 0 bridgehead atoms. The third-order valence-corrected chi connectivity index (χ3v) is 2.82. The van der Waals surface area contributed by atoms with Crippen LogP contribution in [-0.2, 0) is 16.1 Å². The lowest BCUT2D eigenvalue weighted by Crippen LogP contribution is -2.30. The van der Waals surface area contributed by atoms with E-state index in [1.807, 2.05) is 25.2 Å². The smallest absolute Gasteiger partial charge is 0.257 e. The van der Waals surface area contributed by atoms with Gasteiger partial charge in [0.05, 0.1) is 7.11 Å². The lowest BCUT2D eigenvalue weighted by atomic mass is 10.2. The second kappa shape index (κ2) is 10.0. The summed E-state index contributed by atoms with van der Waals surface area (Å²) in [6.45, 7) is 1.89. The molecule has 0 saturated heterocycles. The van der Waals surface area contributed by atoms with Crippen molar-refractivity contribution in [1.29, 1.82) is 0 Å². The topological polar surface area (TPSA) is 68.8 Å². The number of rotatable bonds is 10. The fraction of sp³-hybridized carbons (Fsp3) is 0.533. The first kappa shape index (κ1) is 17.3.